The molecule has 1 aliphatic rings. The third-order valence-electron chi connectivity index (χ3n) is 2.36. The lowest BCUT2D eigenvalue weighted by Gasteiger charge is -2.10. The molecule has 0 radical (unpaired) electrons. The largest absolute Gasteiger partial charge is 0.285 e. The number of hydrogen-bond donors (Lipinski definition) is 1. The van der Waals surface area contributed by atoms with Gasteiger partial charge in [0.05, 0.1) is 10.9 Å². The highest BCUT2D eigenvalue weighted by Gasteiger charge is 2.30. The Morgan fingerprint density at radius 1 is 1.29 bits per heavy atom. The first-order valence-electron chi connectivity index (χ1n) is 4.93. The van der Waals surface area contributed by atoms with Crippen molar-refractivity contribution < 1.29 is 17.6 Å². The SMILES string of the molecule is O=C1SCC[C@H]1NS(=O)(=O)c1ccc(F)cc1. The van der Waals surface area contributed by atoms with Gasteiger partial charge in [-0.1, -0.05) is 11.8 Å². The van der Waals surface area contributed by atoms with Crippen molar-refractivity contribution in [2.45, 2.75) is 17.4 Å². The van der Waals surface area contributed by atoms with Crippen molar-refractivity contribution in [2.75, 3.05) is 5.75 Å². The maximum Gasteiger partial charge on any atom is 0.241 e. The molecule has 0 unspecified atom stereocenters. The van der Waals surface area contributed by atoms with Crippen LogP contribution in [0.15, 0.2) is 29.2 Å². The van der Waals surface area contributed by atoms with Crippen molar-refractivity contribution in [3.63, 3.8) is 0 Å². The van der Waals surface area contributed by atoms with Gasteiger partial charge >= 0.3 is 0 Å². The van der Waals surface area contributed by atoms with Gasteiger partial charge in [0, 0.05) is 5.75 Å². The number of carbonyl (C=O) groups excluding carboxylic acids is 1. The summed E-state index contributed by atoms with van der Waals surface area (Å²) in [5.74, 6) is 0.117. The summed E-state index contributed by atoms with van der Waals surface area (Å²) in [6.45, 7) is 0. The van der Waals surface area contributed by atoms with Crippen LogP contribution in [0.25, 0.3) is 0 Å². The van der Waals surface area contributed by atoms with E-state index in [-0.39, 0.29) is 10.0 Å². The van der Waals surface area contributed by atoms with Crippen LogP contribution in [0.5, 0.6) is 0 Å². The second-order valence-electron chi connectivity index (χ2n) is 3.58. The summed E-state index contributed by atoms with van der Waals surface area (Å²) in [5.41, 5.74) is 0. The van der Waals surface area contributed by atoms with Crippen molar-refractivity contribution >= 4 is 26.9 Å². The number of halogens is 1. The summed E-state index contributed by atoms with van der Waals surface area (Å²) in [6.07, 6.45) is 0.490. The molecule has 0 aliphatic carbocycles. The third kappa shape index (κ3) is 2.85. The summed E-state index contributed by atoms with van der Waals surface area (Å²) in [4.78, 5) is 11.3. The number of sulfonamides is 1. The van der Waals surface area contributed by atoms with Crippen LogP contribution in [0.2, 0.25) is 0 Å². The lowest BCUT2D eigenvalue weighted by atomic mass is 10.3. The van der Waals surface area contributed by atoms with Gasteiger partial charge < -0.3 is 0 Å². The molecule has 17 heavy (non-hydrogen) atoms. The lowest BCUT2D eigenvalue weighted by Crippen LogP contribution is -2.37. The van der Waals surface area contributed by atoms with Crippen LogP contribution in [0.1, 0.15) is 6.42 Å². The standard InChI is InChI=1S/C10H10FNO3S2/c11-7-1-3-8(4-2-7)17(14,15)12-9-5-6-16-10(9)13/h1-4,9,12H,5-6H2/t9-/m1/s1. The summed E-state index contributed by atoms with van der Waals surface area (Å²) in [6, 6.07) is 3.81. The summed E-state index contributed by atoms with van der Waals surface area (Å²) < 4.78 is 38.7. The van der Waals surface area contributed by atoms with E-state index in [1.54, 1.807) is 0 Å². The highest BCUT2D eigenvalue weighted by molar-refractivity contribution is 8.14. The van der Waals surface area contributed by atoms with Crippen LogP contribution in [0.3, 0.4) is 0 Å². The second kappa shape index (κ2) is 4.75. The van der Waals surface area contributed by atoms with Gasteiger partial charge in [0.25, 0.3) is 0 Å². The Kier molecular flexibility index (Phi) is 3.50. The van der Waals surface area contributed by atoms with E-state index in [1.807, 2.05) is 0 Å². The number of benzene rings is 1. The average molecular weight is 275 g/mol. The number of nitrogens with one attached hydrogen (secondary N) is 1. The predicted octanol–water partition coefficient (Wildman–Crippen LogP) is 1.14. The van der Waals surface area contributed by atoms with E-state index in [0.717, 1.165) is 23.9 Å². The lowest BCUT2D eigenvalue weighted by molar-refractivity contribution is -0.111. The first kappa shape index (κ1) is 12.5. The maximum absolute atomic E-state index is 12.7. The molecule has 1 N–H and O–H groups in total. The fourth-order valence-electron chi connectivity index (χ4n) is 1.47. The minimum absolute atomic E-state index is 0.0383. The van der Waals surface area contributed by atoms with Gasteiger partial charge in [-0.3, -0.25) is 4.79 Å². The maximum atomic E-state index is 12.7. The normalized spacial score (nSPS) is 20.8. The molecule has 0 amide bonds. The topological polar surface area (TPSA) is 63.2 Å². The highest BCUT2D eigenvalue weighted by Crippen LogP contribution is 2.21. The van der Waals surface area contributed by atoms with E-state index in [0.29, 0.717) is 12.2 Å². The average Bonchev–Trinajstić information content (AvgIpc) is 2.64. The molecule has 1 aromatic carbocycles. The van der Waals surface area contributed by atoms with E-state index < -0.39 is 21.9 Å². The van der Waals surface area contributed by atoms with Crippen molar-refractivity contribution in [3.05, 3.63) is 30.1 Å². The van der Waals surface area contributed by atoms with Crippen LogP contribution >= 0.6 is 11.8 Å². The van der Waals surface area contributed by atoms with Crippen molar-refractivity contribution in [1.29, 1.82) is 0 Å². The van der Waals surface area contributed by atoms with Gasteiger partial charge in [-0.25, -0.2) is 12.8 Å². The van der Waals surface area contributed by atoms with Gasteiger partial charge in [0.1, 0.15) is 5.82 Å². The summed E-state index contributed by atoms with van der Waals surface area (Å²) in [7, 11) is -3.74. The molecule has 0 aromatic heterocycles. The smallest absolute Gasteiger partial charge is 0.241 e. The minimum atomic E-state index is -3.74. The van der Waals surface area contributed by atoms with Crippen LogP contribution in [-0.2, 0) is 14.8 Å². The number of hydrogen-bond acceptors (Lipinski definition) is 4. The zero-order chi connectivity index (χ0) is 12.5. The zero-order valence-corrected chi connectivity index (χ0v) is 10.4. The molecule has 0 bridgehead atoms. The van der Waals surface area contributed by atoms with Gasteiger partial charge in [-0.2, -0.15) is 4.72 Å². The fourth-order valence-corrected chi connectivity index (χ4v) is 3.71. The molecule has 92 valence electrons. The Morgan fingerprint density at radius 2 is 1.94 bits per heavy atom. The monoisotopic (exact) mass is 275 g/mol. The second-order valence-corrected chi connectivity index (χ2v) is 6.40. The first-order valence-corrected chi connectivity index (χ1v) is 7.40. The molecular weight excluding hydrogens is 265 g/mol. The minimum Gasteiger partial charge on any atom is -0.285 e. The number of rotatable bonds is 3. The Labute approximate surface area is 103 Å². The molecule has 2 rings (SSSR count). The molecule has 4 nitrogen and oxygen atoms in total. The molecule has 0 saturated carbocycles. The first-order chi connectivity index (χ1) is 7.99. The predicted molar refractivity (Wildman–Crippen MR) is 62.6 cm³/mol. The van der Waals surface area contributed by atoms with E-state index in [2.05, 4.69) is 4.72 Å². The molecule has 1 fully saturated rings. The molecule has 7 heteroatoms. The zero-order valence-electron chi connectivity index (χ0n) is 8.72. The van der Waals surface area contributed by atoms with Gasteiger partial charge in [0.2, 0.25) is 15.1 Å². The van der Waals surface area contributed by atoms with E-state index >= 15 is 0 Å². The number of carbonyl (C=O) groups is 1. The molecule has 1 atom stereocenters. The Bertz CT molecular complexity index is 527. The summed E-state index contributed by atoms with van der Waals surface area (Å²) in [5, 5.41) is -0.171. The van der Waals surface area contributed by atoms with Crippen LogP contribution < -0.4 is 4.72 Å². The Hall–Kier alpha value is -0.920. The van der Waals surface area contributed by atoms with Gasteiger partial charge in [-0.05, 0) is 30.7 Å². The summed E-state index contributed by atoms with van der Waals surface area (Å²) >= 11 is 1.12. The van der Waals surface area contributed by atoms with Crippen LogP contribution in [0.4, 0.5) is 4.39 Å². The molecule has 1 saturated heterocycles. The Balaban J connectivity index is 2.19. The number of thioether (sulfide) groups is 1. The Morgan fingerprint density at radius 3 is 2.47 bits per heavy atom. The van der Waals surface area contributed by atoms with Crippen LogP contribution in [0, 0.1) is 5.82 Å². The van der Waals surface area contributed by atoms with E-state index in [1.165, 1.54) is 12.1 Å². The van der Waals surface area contributed by atoms with Crippen molar-refractivity contribution in [1.82, 2.24) is 4.72 Å². The van der Waals surface area contributed by atoms with Crippen LogP contribution in [-0.4, -0.2) is 25.3 Å². The van der Waals surface area contributed by atoms with E-state index in [4.69, 9.17) is 0 Å². The molecule has 1 aliphatic heterocycles. The molecular formula is C10H10FNO3S2. The third-order valence-corrected chi connectivity index (χ3v) is 4.85. The van der Waals surface area contributed by atoms with Crippen molar-refractivity contribution in [3.8, 4) is 0 Å². The molecule has 0 spiro atoms. The van der Waals surface area contributed by atoms with Gasteiger partial charge in [-0.15, -0.1) is 0 Å². The van der Waals surface area contributed by atoms with E-state index in [9.17, 15) is 17.6 Å². The van der Waals surface area contributed by atoms with Gasteiger partial charge in [0.15, 0.2) is 0 Å². The van der Waals surface area contributed by atoms with Crippen molar-refractivity contribution in [2.24, 2.45) is 0 Å². The quantitative estimate of drug-likeness (QED) is 0.898. The fraction of sp³-hybridized carbons (Fsp3) is 0.300. The molecule has 1 heterocycles. The highest BCUT2D eigenvalue weighted by atomic mass is 32.2. The molecule has 1 aromatic rings.